The molecule has 0 bridgehead atoms. The molecule has 0 radical (unpaired) electrons. The van der Waals surface area contributed by atoms with Gasteiger partial charge in [-0.2, -0.15) is 0 Å². The Labute approximate surface area is 159 Å². The van der Waals surface area contributed by atoms with Crippen molar-refractivity contribution in [3.63, 3.8) is 0 Å². The van der Waals surface area contributed by atoms with Gasteiger partial charge in [0.05, 0.1) is 29.3 Å². The smallest absolute Gasteiger partial charge is 0.0729 e. The molecular weight excluding hydrogens is 334 g/mol. The summed E-state index contributed by atoms with van der Waals surface area (Å²) in [5, 5.41) is 0. The number of hydrogen-bond acceptors (Lipinski definition) is 5. The van der Waals surface area contributed by atoms with E-state index in [-0.39, 0.29) is 5.41 Å². The van der Waals surface area contributed by atoms with E-state index in [0.29, 0.717) is 0 Å². The Kier molecular flexibility index (Phi) is 4.09. The lowest BCUT2D eigenvalue weighted by Gasteiger charge is -2.25. The minimum absolute atomic E-state index is 0.111. The molecule has 5 rings (SSSR count). The first kappa shape index (κ1) is 16.4. The van der Waals surface area contributed by atoms with E-state index < -0.39 is 0 Å². The predicted molar refractivity (Wildman–Crippen MR) is 105 cm³/mol. The number of hydrogen-bond donors (Lipinski definition) is 0. The first-order valence-corrected chi connectivity index (χ1v) is 9.55. The summed E-state index contributed by atoms with van der Waals surface area (Å²) in [6, 6.07) is 16.5. The van der Waals surface area contributed by atoms with Crippen LogP contribution in [0.25, 0.3) is 0 Å². The third-order valence-electron chi connectivity index (χ3n) is 5.75. The van der Waals surface area contributed by atoms with E-state index in [1.807, 2.05) is 36.8 Å². The van der Waals surface area contributed by atoms with Crippen LogP contribution in [0.2, 0.25) is 0 Å². The van der Waals surface area contributed by atoms with Crippen LogP contribution >= 0.6 is 0 Å². The van der Waals surface area contributed by atoms with Gasteiger partial charge in [-0.3, -0.25) is 19.9 Å². The molecule has 1 saturated heterocycles. The topological polar surface area (TPSA) is 45.2 Å². The van der Waals surface area contributed by atoms with E-state index in [9.17, 15) is 0 Å². The van der Waals surface area contributed by atoms with Crippen LogP contribution in [0.1, 0.15) is 23.5 Å². The summed E-state index contributed by atoms with van der Waals surface area (Å²) < 4.78 is 0. The largest absolute Gasteiger partial charge is 0.363 e. The average Bonchev–Trinajstić information content (AvgIpc) is 3.25. The molecule has 5 nitrogen and oxygen atoms in total. The van der Waals surface area contributed by atoms with Crippen molar-refractivity contribution in [1.82, 2.24) is 19.9 Å². The summed E-state index contributed by atoms with van der Waals surface area (Å²) in [6.07, 6.45) is 6.83. The number of nitrogens with zero attached hydrogens (tertiary/aromatic N) is 5. The highest BCUT2D eigenvalue weighted by atomic mass is 15.2. The fraction of sp³-hybridized carbons (Fsp3) is 0.318. The third-order valence-corrected chi connectivity index (χ3v) is 5.75. The molecule has 136 valence electrons. The Hall–Kier alpha value is -2.79. The van der Waals surface area contributed by atoms with Crippen LogP contribution < -0.4 is 4.90 Å². The summed E-state index contributed by atoms with van der Waals surface area (Å²) in [4.78, 5) is 18.8. The summed E-state index contributed by atoms with van der Waals surface area (Å²) in [7, 11) is 0. The van der Waals surface area contributed by atoms with E-state index in [4.69, 9.17) is 4.98 Å². The van der Waals surface area contributed by atoms with Crippen molar-refractivity contribution in [2.75, 3.05) is 24.5 Å². The van der Waals surface area contributed by atoms with Gasteiger partial charge in [-0.05, 0) is 49.4 Å². The normalized spacial score (nSPS) is 21.7. The molecule has 27 heavy (non-hydrogen) atoms. The molecular formula is C22H23N5. The Morgan fingerprint density at radius 2 is 1.52 bits per heavy atom. The molecule has 1 spiro atoms. The van der Waals surface area contributed by atoms with Crippen molar-refractivity contribution in [3.8, 4) is 0 Å². The highest BCUT2D eigenvalue weighted by Gasteiger charge is 2.48. The second-order valence-corrected chi connectivity index (χ2v) is 7.61. The van der Waals surface area contributed by atoms with Crippen molar-refractivity contribution < 1.29 is 0 Å². The Balaban J connectivity index is 1.39. The number of likely N-dealkylation sites (tertiary alicyclic amines) is 1. The van der Waals surface area contributed by atoms with Crippen molar-refractivity contribution >= 4 is 5.69 Å². The average molecular weight is 357 g/mol. The lowest BCUT2D eigenvalue weighted by molar-refractivity contribution is 0.302. The fourth-order valence-corrected chi connectivity index (χ4v) is 4.55. The standard InChI is InChI=1S/C22H23N5/c1-3-10-23-18(6-1)14-26-13-9-22(16-26)17-27(15-19-7-2-4-11-24-19)20-8-5-12-25-21(20)22/h1-8,10-12H,9,13-17H2/t22-/m1/s1. The van der Waals surface area contributed by atoms with Gasteiger partial charge in [0.1, 0.15) is 0 Å². The van der Waals surface area contributed by atoms with E-state index in [1.165, 1.54) is 11.4 Å². The number of fused-ring (bicyclic) bond motifs is 2. The molecule has 1 atom stereocenters. The molecule has 0 aliphatic carbocycles. The first-order chi connectivity index (χ1) is 13.3. The monoisotopic (exact) mass is 357 g/mol. The van der Waals surface area contributed by atoms with Gasteiger partial charge >= 0.3 is 0 Å². The Morgan fingerprint density at radius 3 is 2.26 bits per heavy atom. The molecule has 1 fully saturated rings. The zero-order valence-corrected chi connectivity index (χ0v) is 15.3. The van der Waals surface area contributed by atoms with Crippen LogP contribution in [0.15, 0.2) is 67.1 Å². The van der Waals surface area contributed by atoms with Gasteiger partial charge in [0.2, 0.25) is 0 Å². The Bertz CT molecular complexity index is 914. The molecule has 0 aromatic carbocycles. The quantitative estimate of drug-likeness (QED) is 0.718. The second-order valence-electron chi connectivity index (χ2n) is 7.61. The number of pyridine rings is 3. The molecule has 3 aromatic rings. The van der Waals surface area contributed by atoms with Gasteiger partial charge < -0.3 is 4.90 Å². The van der Waals surface area contributed by atoms with Gasteiger partial charge in [0.25, 0.3) is 0 Å². The SMILES string of the molecule is c1ccc(CN2CC[C@@]3(C2)CN(Cc2ccccn2)c2cccnc23)nc1. The number of rotatable bonds is 4. The fourth-order valence-electron chi connectivity index (χ4n) is 4.55. The van der Waals surface area contributed by atoms with E-state index in [1.54, 1.807) is 0 Å². The third kappa shape index (κ3) is 3.08. The zero-order valence-electron chi connectivity index (χ0n) is 15.3. The molecule has 0 unspecified atom stereocenters. The summed E-state index contributed by atoms with van der Waals surface area (Å²) in [5.74, 6) is 0. The molecule has 0 saturated carbocycles. The predicted octanol–water partition coefficient (Wildman–Crippen LogP) is 3.04. The van der Waals surface area contributed by atoms with Crippen LogP contribution in [-0.2, 0) is 18.5 Å². The Morgan fingerprint density at radius 1 is 0.778 bits per heavy atom. The maximum Gasteiger partial charge on any atom is 0.0729 e. The molecule has 3 aromatic heterocycles. The van der Waals surface area contributed by atoms with E-state index >= 15 is 0 Å². The number of aromatic nitrogens is 3. The highest BCUT2D eigenvalue weighted by molar-refractivity contribution is 5.60. The minimum Gasteiger partial charge on any atom is -0.363 e. The van der Waals surface area contributed by atoms with E-state index in [0.717, 1.165) is 50.5 Å². The first-order valence-electron chi connectivity index (χ1n) is 9.55. The lowest BCUT2D eigenvalue weighted by atomic mass is 9.85. The van der Waals surface area contributed by atoms with Gasteiger partial charge in [0.15, 0.2) is 0 Å². The molecule has 2 aliphatic heterocycles. The van der Waals surface area contributed by atoms with Gasteiger partial charge in [-0.15, -0.1) is 0 Å². The maximum absolute atomic E-state index is 4.82. The summed E-state index contributed by atoms with van der Waals surface area (Å²) in [6.45, 7) is 4.87. The lowest BCUT2D eigenvalue weighted by Crippen LogP contribution is -2.36. The van der Waals surface area contributed by atoms with Gasteiger partial charge in [-0.25, -0.2) is 0 Å². The number of anilines is 1. The zero-order chi connectivity index (χ0) is 18.1. The van der Waals surface area contributed by atoms with Crippen LogP contribution in [-0.4, -0.2) is 39.5 Å². The van der Waals surface area contributed by atoms with Crippen molar-refractivity contribution in [2.45, 2.75) is 24.9 Å². The van der Waals surface area contributed by atoms with E-state index in [2.05, 4.69) is 50.1 Å². The van der Waals surface area contributed by atoms with Crippen molar-refractivity contribution in [1.29, 1.82) is 0 Å². The molecule has 5 heteroatoms. The minimum atomic E-state index is 0.111. The van der Waals surface area contributed by atoms with Crippen LogP contribution in [0.4, 0.5) is 5.69 Å². The summed E-state index contributed by atoms with van der Waals surface area (Å²) in [5.41, 5.74) is 4.87. The molecule has 0 amide bonds. The second kappa shape index (κ2) is 6.74. The van der Waals surface area contributed by atoms with Crippen LogP contribution in [0, 0.1) is 0 Å². The molecule has 5 heterocycles. The van der Waals surface area contributed by atoms with Gasteiger partial charge in [-0.1, -0.05) is 12.1 Å². The van der Waals surface area contributed by atoms with Gasteiger partial charge in [0, 0.05) is 43.6 Å². The van der Waals surface area contributed by atoms with Crippen molar-refractivity contribution in [3.05, 3.63) is 84.2 Å². The highest BCUT2D eigenvalue weighted by Crippen LogP contribution is 2.45. The molecule has 2 aliphatic rings. The maximum atomic E-state index is 4.82. The van der Waals surface area contributed by atoms with Crippen LogP contribution in [0.5, 0.6) is 0 Å². The van der Waals surface area contributed by atoms with Crippen molar-refractivity contribution in [2.24, 2.45) is 0 Å². The summed E-state index contributed by atoms with van der Waals surface area (Å²) >= 11 is 0. The molecule has 0 N–H and O–H groups in total. The van der Waals surface area contributed by atoms with Crippen LogP contribution in [0.3, 0.4) is 0 Å².